The Labute approximate surface area is 166 Å². The van der Waals surface area contributed by atoms with Crippen molar-refractivity contribution in [3.63, 3.8) is 0 Å². The van der Waals surface area contributed by atoms with Crippen LogP contribution in [0.3, 0.4) is 0 Å². The summed E-state index contributed by atoms with van der Waals surface area (Å²) in [6.45, 7) is 0.0278. The molecular formula is C20H21FN6O2. The predicted octanol–water partition coefficient (Wildman–Crippen LogP) is 2.28. The van der Waals surface area contributed by atoms with Crippen molar-refractivity contribution in [3.05, 3.63) is 66.3 Å². The summed E-state index contributed by atoms with van der Waals surface area (Å²) in [6, 6.07) is 5.13. The molecule has 29 heavy (non-hydrogen) atoms. The third-order valence-electron chi connectivity index (χ3n) is 4.85. The van der Waals surface area contributed by atoms with Crippen molar-refractivity contribution in [2.45, 2.75) is 25.4 Å². The van der Waals surface area contributed by atoms with E-state index in [1.165, 1.54) is 35.1 Å². The first-order valence-electron chi connectivity index (χ1n) is 9.35. The summed E-state index contributed by atoms with van der Waals surface area (Å²) in [6.07, 6.45) is 8.76. The number of aryl methyl sites for hydroxylation is 1. The molecule has 1 aromatic carbocycles. The average molecular weight is 396 g/mol. The Morgan fingerprint density at radius 1 is 1.28 bits per heavy atom. The number of nitrogens with one attached hydrogen (secondary N) is 2. The SMILES string of the molecule is Cn1ccnc1[C@H](NC(=O)Cn1cc(NC(=O)c2ccc(F)cc2)cn1)C1CC1. The minimum Gasteiger partial charge on any atom is -0.344 e. The number of carbonyl (C=O) groups is 2. The summed E-state index contributed by atoms with van der Waals surface area (Å²) in [5.74, 6) is 0.286. The van der Waals surface area contributed by atoms with E-state index in [1.54, 1.807) is 12.4 Å². The average Bonchev–Trinajstić information content (AvgIpc) is 3.31. The number of amides is 2. The maximum absolute atomic E-state index is 13.0. The first-order chi connectivity index (χ1) is 14.0. The predicted molar refractivity (Wildman–Crippen MR) is 103 cm³/mol. The lowest BCUT2D eigenvalue weighted by Gasteiger charge is -2.18. The topological polar surface area (TPSA) is 93.8 Å². The molecule has 0 spiro atoms. The molecule has 0 aliphatic heterocycles. The zero-order valence-corrected chi connectivity index (χ0v) is 15.9. The number of rotatable bonds is 7. The van der Waals surface area contributed by atoms with Crippen molar-refractivity contribution in [2.75, 3.05) is 5.32 Å². The molecule has 4 rings (SSSR count). The maximum atomic E-state index is 13.0. The minimum absolute atomic E-state index is 0.0278. The molecule has 150 valence electrons. The van der Waals surface area contributed by atoms with Crippen LogP contribution in [0, 0.1) is 11.7 Å². The van der Waals surface area contributed by atoms with E-state index in [4.69, 9.17) is 0 Å². The molecule has 0 saturated heterocycles. The van der Waals surface area contributed by atoms with Gasteiger partial charge in [-0.15, -0.1) is 0 Å². The number of carbonyl (C=O) groups excluding carboxylic acids is 2. The van der Waals surface area contributed by atoms with E-state index < -0.39 is 5.82 Å². The number of anilines is 1. The summed E-state index contributed by atoms with van der Waals surface area (Å²) in [5.41, 5.74) is 0.786. The molecule has 8 nitrogen and oxygen atoms in total. The zero-order valence-electron chi connectivity index (χ0n) is 15.9. The highest BCUT2D eigenvalue weighted by atomic mass is 19.1. The lowest BCUT2D eigenvalue weighted by molar-refractivity contribution is -0.122. The van der Waals surface area contributed by atoms with Crippen LogP contribution in [0.15, 0.2) is 49.1 Å². The van der Waals surface area contributed by atoms with Gasteiger partial charge in [0, 0.05) is 31.2 Å². The minimum atomic E-state index is -0.407. The molecule has 1 fully saturated rings. The van der Waals surface area contributed by atoms with Gasteiger partial charge in [-0.05, 0) is 43.0 Å². The van der Waals surface area contributed by atoms with E-state index in [0.29, 0.717) is 17.2 Å². The van der Waals surface area contributed by atoms with Crippen LogP contribution in [0.2, 0.25) is 0 Å². The number of hydrogen-bond acceptors (Lipinski definition) is 4. The van der Waals surface area contributed by atoms with Crippen molar-refractivity contribution in [3.8, 4) is 0 Å². The third kappa shape index (κ3) is 4.50. The van der Waals surface area contributed by atoms with Crippen LogP contribution in [0.4, 0.5) is 10.1 Å². The zero-order chi connectivity index (χ0) is 20.4. The molecule has 2 heterocycles. The van der Waals surface area contributed by atoms with Crippen LogP contribution >= 0.6 is 0 Å². The summed E-state index contributed by atoms with van der Waals surface area (Å²) in [7, 11) is 1.91. The lowest BCUT2D eigenvalue weighted by atomic mass is 10.1. The van der Waals surface area contributed by atoms with E-state index in [1.807, 2.05) is 17.8 Å². The fourth-order valence-electron chi connectivity index (χ4n) is 3.18. The van der Waals surface area contributed by atoms with Gasteiger partial charge in [-0.1, -0.05) is 0 Å². The van der Waals surface area contributed by atoms with Gasteiger partial charge >= 0.3 is 0 Å². The van der Waals surface area contributed by atoms with E-state index in [0.717, 1.165) is 18.7 Å². The van der Waals surface area contributed by atoms with Gasteiger partial charge in [-0.3, -0.25) is 14.3 Å². The molecule has 0 bridgehead atoms. The molecule has 0 unspecified atom stereocenters. The van der Waals surface area contributed by atoms with Gasteiger partial charge in [0.1, 0.15) is 18.2 Å². The second kappa shape index (κ2) is 7.86. The van der Waals surface area contributed by atoms with E-state index in [-0.39, 0.29) is 24.4 Å². The van der Waals surface area contributed by atoms with Crippen molar-refractivity contribution in [1.82, 2.24) is 24.6 Å². The highest BCUT2D eigenvalue weighted by Crippen LogP contribution is 2.40. The van der Waals surface area contributed by atoms with Gasteiger partial charge in [0.2, 0.25) is 5.91 Å². The second-order valence-electron chi connectivity index (χ2n) is 7.17. The van der Waals surface area contributed by atoms with Gasteiger partial charge in [0.15, 0.2) is 0 Å². The Hall–Kier alpha value is -3.49. The first kappa shape index (κ1) is 18.9. The largest absolute Gasteiger partial charge is 0.344 e. The van der Waals surface area contributed by atoms with E-state index in [9.17, 15) is 14.0 Å². The number of halogens is 1. The van der Waals surface area contributed by atoms with E-state index in [2.05, 4.69) is 20.7 Å². The Kier molecular flexibility index (Phi) is 5.11. The normalized spacial score (nSPS) is 14.4. The van der Waals surface area contributed by atoms with Crippen molar-refractivity contribution >= 4 is 17.5 Å². The standard InChI is InChI=1S/C20H21FN6O2/c1-26-9-8-22-19(26)18(13-2-3-13)25-17(28)12-27-11-16(10-23-27)24-20(29)14-4-6-15(21)7-5-14/h4-11,13,18H,2-3,12H2,1H3,(H,24,29)(H,25,28)/t18-/m1/s1. The number of nitrogens with zero attached hydrogens (tertiary/aromatic N) is 4. The van der Waals surface area contributed by atoms with Crippen molar-refractivity contribution in [1.29, 1.82) is 0 Å². The smallest absolute Gasteiger partial charge is 0.255 e. The van der Waals surface area contributed by atoms with Crippen LogP contribution in [0.1, 0.15) is 35.1 Å². The van der Waals surface area contributed by atoms with Crippen molar-refractivity contribution < 1.29 is 14.0 Å². The van der Waals surface area contributed by atoms with Gasteiger partial charge in [-0.25, -0.2) is 9.37 Å². The van der Waals surface area contributed by atoms with Gasteiger partial charge < -0.3 is 15.2 Å². The Bertz CT molecular complexity index is 1020. The first-order valence-corrected chi connectivity index (χ1v) is 9.35. The van der Waals surface area contributed by atoms with Crippen molar-refractivity contribution in [2.24, 2.45) is 13.0 Å². The molecule has 0 radical (unpaired) electrons. The summed E-state index contributed by atoms with van der Waals surface area (Å²) >= 11 is 0. The van der Waals surface area contributed by atoms with Crippen LogP contribution in [-0.4, -0.2) is 31.1 Å². The molecule has 1 aliphatic rings. The van der Waals surface area contributed by atoms with Gasteiger partial charge in [0.25, 0.3) is 5.91 Å². The molecule has 9 heteroatoms. The molecule has 2 N–H and O–H groups in total. The van der Waals surface area contributed by atoms with E-state index >= 15 is 0 Å². The van der Waals surface area contributed by atoms with Crippen LogP contribution < -0.4 is 10.6 Å². The summed E-state index contributed by atoms with van der Waals surface area (Å²) in [4.78, 5) is 29.1. The number of imidazole rings is 1. The molecule has 3 aromatic rings. The highest BCUT2D eigenvalue weighted by molar-refractivity contribution is 6.04. The summed E-state index contributed by atoms with van der Waals surface area (Å²) in [5, 5.41) is 9.85. The maximum Gasteiger partial charge on any atom is 0.255 e. The molecule has 1 saturated carbocycles. The van der Waals surface area contributed by atoms with Gasteiger partial charge in [-0.2, -0.15) is 5.10 Å². The fraction of sp³-hybridized carbons (Fsp3) is 0.300. The van der Waals surface area contributed by atoms with Gasteiger partial charge in [0.05, 0.1) is 17.9 Å². The monoisotopic (exact) mass is 396 g/mol. The Morgan fingerprint density at radius 3 is 2.69 bits per heavy atom. The Morgan fingerprint density at radius 2 is 2.03 bits per heavy atom. The quantitative estimate of drug-likeness (QED) is 0.641. The lowest BCUT2D eigenvalue weighted by Crippen LogP contribution is -2.34. The second-order valence-corrected chi connectivity index (χ2v) is 7.17. The number of aromatic nitrogens is 4. The van der Waals surface area contributed by atoms with Crippen LogP contribution in [-0.2, 0) is 18.4 Å². The highest BCUT2D eigenvalue weighted by Gasteiger charge is 2.35. The third-order valence-corrected chi connectivity index (χ3v) is 4.85. The number of hydrogen-bond donors (Lipinski definition) is 2. The fourth-order valence-corrected chi connectivity index (χ4v) is 3.18. The molecule has 1 atom stereocenters. The Balaban J connectivity index is 1.36. The summed E-state index contributed by atoms with van der Waals surface area (Å²) < 4.78 is 16.3. The van der Waals surface area contributed by atoms with Crippen LogP contribution in [0.25, 0.3) is 0 Å². The number of benzene rings is 1. The van der Waals surface area contributed by atoms with Crippen LogP contribution in [0.5, 0.6) is 0 Å². The molecular weight excluding hydrogens is 375 g/mol. The molecule has 2 aromatic heterocycles. The molecule has 1 aliphatic carbocycles. The molecule has 2 amide bonds.